The molecule has 0 spiro atoms. The standard InChI is InChI=1S/C13H14O2/c1-10-9-12(13(14)15-10)8-7-11-5-3-2-4-6-11/h2-6,8,10H,7,9H2,1H3/b12-8+. The number of hydrogen-bond donors (Lipinski definition) is 0. The molecule has 78 valence electrons. The Hall–Kier alpha value is -1.57. The van der Waals surface area contributed by atoms with E-state index in [1.807, 2.05) is 31.2 Å². The monoisotopic (exact) mass is 202 g/mol. The van der Waals surface area contributed by atoms with Crippen LogP contribution in [0.3, 0.4) is 0 Å². The van der Waals surface area contributed by atoms with E-state index in [1.165, 1.54) is 5.56 Å². The first-order valence-corrected chi connectivity index (χ1v) is 5.19. The quantitative estimate of drug-likeness (QED) is 0.544. The van der Waals surface area contributed by atoms with Gasteiger partial charge in [-0.15, -0.1) is 0 Å². The van der Waals surface area contributed by atoms with Crippen LogP contribution in [0.5, 0.6) is 0 Å². The fourth-order valence-corrected chi connectivity index (χ4v) is 1.71. The Morgan fingerprint density at radius 1 is 1.40 bits per heavy atom. The molecule has 1 aliphatic rings. The number of allylic oxidation sites excluding steroid dienone is 1. The molecule has 0 aromatic heterocycles. The summed E-state index contributed by atoms with van der Waals surface area (Å²) >= 11 is 0. The van der Waals surface area contributed by atoms with E-state index in [-0.39, 0.29) is 12.1 Å². The molecular weight excluding hydrogens is 188 g/mol. The fraction of sp³-hybridized carbons (Fsp3) is 0.308. The van der Waals surface area contributed by atoms with Crippen molar-refractivity contribution in [3.8, 4) is 0 Å². The van der Waals surface area contributed by atoms with Gasteiger partial charge in [0.2, 0.25) is 0 Å². The molecule has 1 heterocycles. The SMILES string of the molecule is CC1C/C(=C\Cc2ccccc2)C(=O)O1. The summed E-state index contributed by atoms with van der Waals surface area (Å²) in [5.41, 5.74) is 2.03. The van der Waals surface area contributed by atoms with E-state index in [0.29, 0.717) is 0 Å². The van der Waals surface area contributed by atoms with Gasteiger partial charge >= 0.3 is 5.97 Å². The van der Waals surface area contributed by atoms with Crippen molar-refractivity contribution in [3.05, 3.63) is 47.5 Å². The summed E-state index contributed by atoms with van der Waals surface area (Å²) in [7, 11) is 0. The van der Waals surface area contributed by atoms with Crippen LogP contribution >= 0.6 is 0 Å². The van der Waals surface area contributed by atoms with E-state index in [0.717, 1.165) is 18.4 Å². The molecule has 1 unspecified atom stereocenters. The van der Waals surface area contributed by atoms with Gasteiger partial charge in [0.05, 0.1) is 0 Å². The average molecular weight is 202 g/mol. The first kappa shape index (κ1) is 9.97. The highest BCUT2D eigenvalue weighted by atomic mass is 16.5. The predicted octanol–water partition coefficient (Wildman–Crippen LogP) is 2.49. The molecule has 2 nitrogen and oxygen atoms in total. The Morgan fingerprint density at radius 2 is 2.13 bits per heavy atom. The second-order valence-electron chi connectivity index (χ2n) is 3.84. The molecule has 1 aliphatic heterocycles. The molecule has 1 saturated heterocycles. The van der Waals surface area contributed by atoms with Gasteiger partial charge < -0.3 is 4.74 Å². The van der Waals surface area contributed by atoms with E-state index in [1.54, 1.807) is 0 Å². The van der Waals surface area contributed by atoms with Crippen molar-refractivity contribution in [2.45, 2.75) is 25.9 Å². The van der Waals surface area contributed by atoms with Crippen LogP contribution in [0.2, 0.25) is 0 Å². The summed E-state index contributed by atoms with van der Waals surface area (Å²) in [4.78, 5) is 11.3. The molecule has 2 rings (SSSR count). The van der Waals surface area contributed by atoms with Crippen LogP contribution in [0.4, 0.5) is 0 Å². The largest absolute Gasteiger partial charge is 0.459 e. The van der Waals surface area contributed by atoms with Crippen LogP contribution in [0.15, 0.2) is 42.0 Å². The maximum atomic E-state index is 11.3. The van der Waals surface area contributed by atoms with Crippen molar-refractivity contribution in [2.75, 3.05) is 0 Å². The minimum absolute atomic E-state index is 0.0412. The fourth-order valence-electron chi connectivity index (χ4n) is 1.71. The number of hydrogen-bond acceptors (Lipinski definition) is 2. The number of benzene rings is 1. The van der Waals surface area contributed by atoms with Gasteiger partial charge in [0, 0.05) is 12.0 Å². The van der Waals surface area contributed by atoms with Gasteiger partial charge in [0.25, 0.3) is 0 Å². The highest BCUT2D eigenvalue weighted by Gasteiger charge is 2.24. The third-order valence-corrected chi connectivity index (χ3v) is 2.50. The van der Waals surface area contributed by atoms with Crippen LogP contribution < -0.4 is 0 Å². The molecule has 1 aromatic carbocycles. The molecule has 0 saturated carbocycles. The summed E-state index contributed by atoms with van der Waals surface area (Å²) in [6.07, 6.45) is 3.56. The highest BCUT2D eigenvalue weighted by Crippen LogP contribution is 2.20. The molecule has 2 heteroatoms. The van der Waals surface area contributed by atoms with Crippen molar-refractivity contribution >= 4 is 5.97 Å². The van der Waals surface area contributed by atoms with Crippen molar-refractivity contribution in [1.29, 1.82) is 0 Å². The van der Waals surface area contributed by atoms with Gasteiger partial charge in [0.15, 0.2) is 0 Å². The summed E-state index contributed by atoms with van der Waals surface area (Å²) in [6.45, 7) is 1.92. The topological polar surface area (TPSA) is 26.3 Å². The molecule has 0 bridgehead atoms. The third-order valence-electron chi connectivity index (χ3n) is 2.50. The van der Waals surface area contributed by atoms with Gasteiger partial charge in [-0.05, 0) is 18.9 Å². The lowest BCUT2D eigenvalue weighted by Crippen LogP contribution is -1.99. The maximum Gasteiger partial charge on any atom is 0.334 e. The van der Waals surface area contributed by atoms with Crippen molar-refractivity contribution in [2.24, 2.45) is 0 Å². The van der Waals surface area contributed by atoms with E-state index in [4.69, 9.17) is 4.74 Å². The average Bonchev–Trinajstić information content (AvgIpc) is 2.56. The van der Waals surface area contributed by atoms with Crippen LogP contribution in [0.1, 0.15) is 18.9 Å². The molecule has 1 fully saturated rings. The molecule has 0 radical (unpaired) electrons. The lowest BCUT2D eigenvalue weighted by molar-refractivity contribution is -0.138. The van der Waals surface area contributed by atoms with Crippen molar-refractivity contribution < 1.29 is 9.53 Å². The van der Waals surface area contributed by atoms with Gasteiger partial charge in [-0.2, -0.15) is 0 Å². The van der Waals surface area contributed by atoms with E-state index < -0.39 is 0 Å². The van der Waals surface area contributed by atoms with E-state index in [2.05, 4.69) is 12.1 Å². The number of ether oxygens (including phenoxy) is 1. The second-order valence-corrected chi connectivity index (χ2v) is 3.84. The van der Waals surface area contributed by atoms with Crippen LogP contribution in [0.25, 0.3) is 0 Å². The molecule has 0 N–H and O–H groups in total. The van der Waals surface area contributed by atoms with Gasteiger partial charge in [0.1, 0.15) is 6.10 Å². The summed E-state index contributed by atoms with van der Waals surface area (Å²) in [6, 6.07) is 10.1. The van der Waals surface area contributed by atoms with E-state index >= 15 is 0 Å². The number of esters is 1. The molecule has 15 heavy (non-hydrogen) atoms. The zero-order valence-electron chi connectivity index (χ0n) is 8.77. The van der Waals surface area contributed by atoms with Gasteiger partial charge in [-0.1, -0.05) is 36.4 Å². The lowest BCUT2D eigenvalue weighted by atomic mass is 10.1. The van der Waals surface area contributed by atoms with Gasteiger partial charge in [-0.3, -0.25) is 0 Å². The van der Waals surface area contributed by atoms with Crippen LogP contribution in [-0.4, -0.2) is 12.1 Å². The number of rotatable bonds is 2. The second kappa shape index (κ2) is 4.30. The Balaban J connectivity index is 2.03. The first-order chi connectivity index (χ1) is 7.25. The number of carbonyl (C=O) groups excluding carboxylic acids is 1. The molecule has 1 aromatic rings. The third kappa shape index (κ3) is 2.46. The van der Waals surface area contributed by atoms with Crippen LogP contribution in [-0.2, 0) is 16.0 Å². The summed E-state index contributed by atoms with van der Waals surface area (Å²) in [5, 5.41) is 0. The minimum Gasteiger partial charge on any atom is -0.459 e. The van der Waals surface area contributed by atoms with Crippen molar-refractivity contribution in [1.82, 2.24) is 0 Å². The van der Waals surface area contributed by atoms with Crippen LogP contribution in [0, 0.1) is 0 Å². The Labute approximate surface area is 89.6 Å². The minimum atomic E-state index is -0.154. The molecular formula is C13H14O2. The van der Waals surface area contributed by atoms with E-state index in [9.17, 15) is 4.79 Å². The smallest absolute Gasteiger partial charge is 0.334 e. The Kier molecular flexibility index (Phi) is 2.86. The normalized spacial score (nSPS) is 23.1. The predicted molar refractivity (Wildman–Crippen MR) is 58.4 cm³/mol. The molecule has 0 amide bonds. The summed E-state index contributed by atoms with van der Waals surface area (Å²) < 4.78 is 5.05. The van der Waals surface area contributed by atoms with Gasteiger partial charge in [-0.25, -0.2) is 4.79 Å². The number of carbonyl (C=O) groups is 1. The zero-order chi connectivity index (χ0) is 10.7. The Morgan fingerprint density at radius 3 is 2.73 bits per heavy atom. The first-order valence-electron chi connectivity index (χ1n) is 5.19. The molecule has 0 aliphatic carbocycles. The zero-order valence-corrected chi connectivity index (χ0v) is 8.77. The number of cyclic esters (lactones) is 1. The lowest BCUT2D eigenvalue weighted by Gasteiger charge is -1.95. The molecule has 1 atom stereocenters. The van der Waals surface area contributed by atoms with Crippen molar-refractivity contribution in [3.63, 3.8) is 0 Å². The maximum absolute atomic E-state index is 11.3. The summed E-state index contributed by atoms with van der Waals surface area (Å²) in [5.74, 6) is -0.154. The Bertz CT molecular complexity index is 379. The highest BCUT2D eigenvalue weighted by molar-refractivity contribution is 5.90.